The van der Waals surface area contributed by atoms with E-state index in [0.29, 0.717) is 12.2 Å². The van der Waals surface area contributed by atoms with Crippen LogP contribution in [-0.2, 0) is 14.3 Å². The lowest BCUT2D eigenvalue weighted by atomic mass is 9.89. The van der Waals surface area contributed by atoms with Crippen molar-refractivity contribution in [3.63, 3.8) is 0 Å². The number of carbonyl (C=O) groups excluding carboxylic acids is 2. The van der Waals surface area contributed by atoms with Gasteiger partial charge in [-0.1, -0.05) is 38.7 Å². The van der Waals surface area contributed by atoms with Gasteiger partial charge in [0.1, 0.15) is 5.82 Å². The van der Waals surface area contributed by atoms with E-state index in [4.69, 9.17) is 4.74 Å². The van der Waals surface area contributed by atoms with Gasteiger partial charge in [-0.3, -0.25) is 9.59 Å². The highest BCUT2D eigenvalue weighted by molar-refractivity contribution is 5.94. The van der Waals surface area contributed by atoms with Crippen LogP contribution in [-0.4, -0.2) is 28.9 Å². The zero-order chi connectivity index (χ0) is 16.7. The maximum Gasteiger partial charge on any atom is 0.310 e. The van der Waals surface area contributed by atoms with Crippen LogP contribution in [0, 0.1) is 5.92 Å². The molecule has 2 atom stereocenters. The quantitative estimate of drug-likeness (QED) is 0.558. The average molecular weight is 318 g/mol. The second-order valence-corrected chi connectivity index (χ2v) is 6.39. The van der Waals surface area contributed by atoms with E-state index in [1.807, 2.05) is 12.1 Å². The summed E-state index contributed by atoms with van der Waals surface area (Å²) in [6.45, 7) is 4.00. The number of anilines is 1. The molecule has 0 aromatic carbocycles. The SMILES string of the molecule is CCCCCC[C@@H]1C[C@@](C)(C(=O)CNc2ccccn2)OC1=O. The molecule has 0 aliphatic carbocycles. The number of nitrogens with zero attached hydrogens (tertiary/aromatic N) is 1. The van der Waals surface area contributed by atoms with Crippen molar-refractivity contribution < 1.29 is 14.3 Å². The summed E-state index contributed by atoms with van der Waals surface area (Å²) in [5.41, 5.74) is -1.01. The highest BCUT2D eigenvalue weighted by Crippen LogP contribution is 2.34. The Morgan fingerprint density at radius 2 is 2.22 bits per heavy atom. The molecule has 1 aliphatic heterocycles. The average Bonchev–Trinajstić information content (AvgIpc) is 2.85. The van der Waals surface area contributed by atoms with Gasteiger partial charge < -0.3 is 10.1 Å². The minimum absolute atomic E-state index is 0.104. The van der Waals surface area contributed by atoms with Crippen LogP contribution in [0.1, 0.15) is 52.4 Å². The standard InChI is InChI=1S/C18H26N2O3/c1-3-4-5-6-9-14-12-18(2,23-17(14)22)15(21)13-20-16-10-7-8-11-19-16/h7-8,10-11,14H,3-6,9,12-13H2,1-2H3,(H,19,20)/t14-,18+/m1/s1. The summed E-state index contributed by atoms with van der Waals surface area (Å²) in [6, 6.07) is 5.46. The number of carbonyl (C=O) groups is 2. The highest BCUT2D eigenvalue weighted by Gasteiger charge is 2.47. The molecule has 23 heavy (non-hydrogen) atoms. The number of esters is 1. The van der Waals surface area contributed by atoms with E-state index in [9.17, 15) is 9.59 Å². The Bertz CT molecular complexity index is 532. The fraction of sp³-hybridized carbons (Fsp3) is 0.611. The predicted molar refractivity (Wildman–Crippen MR) is 89.1 cm³/mol. The molecule has 5 nitrogen and oxygen atoms in total. The Labute approximate surface area is 137 Å². The molecule has 1 aliphatic rings. The Balaban J connectivity index is 1.83. The minimum atomic E-state index is -1.01. The number of unbranched alkanes of at least 4 members (excludes halogenated alkanes) is 3. The first-order valence-corrected chi connectivity index (χ1v) is 8.46. The van der Waals surface area contributed by atoms with E-state index in [1.54, 1.807) is 19.2 Å². The molecule has 1 fully saturated rings. The van der Waals surface area contributed by atoms with E-state index in [-0.39, 0.29) is 24.2 Å². The van der Waals surface area contributed by atoms with Gasteiger partial charge in [0.15, 0.2) is 11.4 Å². The molecule has 0 amide bonds. The molecule has 1 N–H and O–H groups in total. The molecule has 0 unspecified atom stereocenters. The summed E-state index contributed by atoms with van der Waals surface area (Å²) < 4.78 is 5.42. The van der Waals surface area contributed by atoms with Crippen molar-refractivity contribution in [2.75, 3.05) is 11.9 Å². The van der Waals surface area contributed by atoms with Crippen LogP contribution in [0.5, 0.6) is 0 Å². The van der Waals surface area contributed by atoms with Crippen molar-refractivity contribution in [2.24, 2.45) is 5.92 Å². The smallest absolute Gasteiger partial charge is 0.310 e. The first kappa shape index (κ1) is 17.4. The van der Waals surface area contributed by atoms with Gasteiger partial charge in [-0.15, -0.1) is 0 Å². The first-order chi connectivity index (χ1) is 11.0. The third kappa shape index (κ3) is 4.78. The van der Waals surface area contributed by atoms with Gasteiger partial charge in [0, 0.05) is 12.6 Å². The van der Waals surface area contributed by atoms with Crippen molar-refractivity contribution in [3.05, 3.63) is 24.4 Å². The van der Waals surface area contributed by atoms with Gasteiger partial charge >= 0.3 is 5.97 Å². The number of nitrogens with one attached hydrogen (secondary N) is 1. The van der Waals surface area contributed by atoms with E-state index < -0.39 is 5.60 Å². The van der Waals surface area contributed by atoms with E-state index in [2.05, 4.69) is 17.2 Å². The van der Waals surface area contributed by atoms with Gasteiger partial charge in [0.05, 0.1) is 12.5 Å². The molecule has 0 spiro atoms. The third-order valence-corrected chi connectivity index (χ3v) is 4.39. The fourth-order valence-electron chi connectivity index (χ4n) is 2.93. The van der Waals surface area contributed by atoms with Crippen LogP contribution in [0.3, 0.4) is 0 Å². The summed E-state index contributed by atoms with van der Waals surface area (Å²) in [6.07, 6.45) is 7.47. The number of ketones is 1. The van der Waals surface area contributed by atoms with Gasteiger partial charge in [-0.25, -0.2) is 4.98 Å². The first-order valence-electron chi connectivity index (χ1n) is 8.46. The number of Topliss-reactive ketones (excluding diaryl/α,β-unsaturated/α-hetero) is 1. The Hall–Kier alpha value is -1.91. The van der Waals surface area contributed by atoms with Crippen LogP contribution >= 0.6 is 0 Å². The van der Waals surface area contributed by atoms with Crippen molar-refractivity contribution >= 4 is 17.6 Å². The largest absolute Gasteiger partial charge is 0.451 e. The molecule has 126 valence electrons. The number of ether oxygens (including phenoxy) is 1. The maximum atomic E-state index is 12.4. The van der Waals surface area contributed by atoms with Crippen LogP contribution < -0.4 is 5.32 Å². The lowest BCUT2D eigenvalue weighted by molar-refractivity contribution is -0.156. The molecular weight excluding hydrogens is 292 g/mol. The number of pyridine rings is 1. The lowest BCUT2D eigenvalue weighted by Crippen LogP contribution is -2.39. The summed E-state index contributed by atoms with van der Waals surface area (Å²) in [5, 5.41) is 2.98. The van der Waals surface area contributed by atoms with Crippen molar-refractivity contribution in [3.8, 4) is 0 Å². The van der Waals surface area contributed by atoms with E-state index >= 15 is 0 Å². The molecule has 1 aromatic heterocycles. The highest BCUT2D eigenvalue weighted by atomic mass is 16.6. The van der Waals surface area contributed by atoms with Gasteiger partial charge in [-0.05, 0) is 25.5 Å². The molecule has 1 saturated heterocycles. The Morgan fingerprint density at radius 3 is 2.91 bits per heavy atom. The van der Waals surface area contributed by atoms with Crippen molar-refractivity contribution in [2.45, 2.75) is 58.0 Å². The number of cyclic esters (lactones) is 1. The molecule has 0 bridgehead atoms. The topological polar surface area (TPSA) is 68.3 Å². The zero-order valence-corrected chi connectivity index (χ0v) is 14.0. The van der Waals surface area contributed by atoms with Crippen LogP contribution in [0.25, 0.3) is 0 Å². The number of hydrogen-bond acceptors (Lipinski definition) is 5. The van der Waals surface area contributed by atoms with E-state index in [0.717, 1.165) is 19.3 Å². The molecule has 2 rings (SSSR count). The Kier molecular flexibility index (Phi) is 6.13. The van der Waals surface area contributed by atoms with E-state index in [1.165, 1.54) is 12.8 Å². The monoisotopic (exact) mass is 318 g/mol. The van der Waals surface area contributed by atoms with Gasteiger partial charge in [0.2, 0.25) is 0 Å². The molecule has 0 saturated carbocycles. The van der Waals surface area contributed by atoms with Crippen LogP contribution in [0.2, 0.25) is 0 Å². The molecule has 5 heteroatoms. The second-order valence-electron chi connectivity index (χ2n) is 6.39. The van der Waals surface area contributed by atoms with Crippen LogP contribution in [0.4, 0.5) is 5.82 Å². The second kappa shape index (κ2) is 8.09. The minimum Gasteiger partial charge on any atom is -0.451 e. The zero-order valence-electron chi connectivity index (χ0n) is 14.0. The maximum absolute atomic E-state index is 12.4. The molecular formula is C18H26N2O3. The molecule has 0 radical (unpaired) electrons. The fourth-order valence-corrected chi connectivity index (χ4v) is 2.93. The Morgan fingerprint density at radius 1 is 1.39 bits per heavy atom. The van der Waals surface area contributed by atoms with Gasteiger partial charge in [-0.2, -0.15) is 0 Å². The summed E-state index contributed by atoms with van der Waals surface area (Å²) in [5.74, 6) is 0.170. The molecule has 2 heterocycles. The normalized spacial score (nSPS) is 23.6. The summed E-state index contributed by atoms with van der Waals surface area (Å²) >= 11 is 0. The predicted octanol–water partition coefficient (Wildman–Crippen LogP) is 3.35. The number of aromatic nitrogens is 1. The van der Waals surface area contributed by atoms with Crippen molar-refractivity contribution in [1.82, 2.24) is 4.98 Å². The summed E-state index contributed by atoms with van der Waals surface area (Å²) in [7, 11) is 0. The van der Waals surface area contributed by atoms with Crippen LogP contribution in [0.15, 0.2) is 24.4 Å². The van der Waals surface area contributed by atoms with Crippen molar-refractivity contribution in [1.29, 1.82) is 0 Å². The summed E-state index contributed by atoms with van der Waals surface area (Å²) in [4.78, 5) is 28.6. The van der Waals surface area contributed by atoms with Gasteiger partial charge in [0.25, 0.3) is 0 Å². The third-order valence-electron chi connectivity index (χ3n) is 4.39. The lowest BCUT2D eigenvalue weighted by Gasteiger charge is -2.21. The molecule has 1 aromatic rings. The number of rotatable bonds is 9. The number of hydrogen-bond donors (Lipinski definition) is 1.